The highest BCUT2D eigenvalue weighted by Crippen LogP contribution is 2.15. The first-order valence-corrected chi connectivity index (χ1v) is 5.89. The Bertz CT molecular complexity index is 567. The van der Waals surface area contributed by atoms with Crippen molar-refractivity contribution in [1.82, 2.24) is 4.98 Å². The standard InChI is InChI=1S/C14H16N2O2/c1-10-2-3-11-8-12(4-5-13(11)16-10)14(17)9-18-7-6-15/h2-5,8H,6-7,9,15H2,1H3. The fraction of sp³-hybridized carbons (Fsp3) is 0.286. The first-order chi connectivity index (χ1) is 8.70. The van der Waals surface area contributed by atoms with E-state index in [2.05, 4.69) is 4.98 Å². The van der Waals surface area contributed by atoms with E-state index in [9.17, 15) is 4.79 Å². The highest BCUT2D eigenvalue weighted by atomic mass is 16.5. The zero-order chi connectivity index (χ0) is 13.0. The summed E-state index contributed by atoms with van der Waals surface area (Å²) in [7, 11) is 0. The Hall–Kier alpha value is -1.78. The van der Waals surface area contributed by atoms with Crippen molar-refractivity contribution < 1.29 is 9.53 Å². The first-order valence-electron chi connectivity index (χ1n) is 5.89. The van der Waals surface area contributed by atoms with Crippen molar-refractivity contribution in [1.29, 1.82) is 0 Å². The third-order valence-electron chi connectivity index (χ3n) is 2.65. The molecule has 0 fully saturated rings. The smallest absolute Gasteiger partial charge is 0.188 e. The number of ether oxygens (including phenoxy) is 1. The second kappa shape index (κ2) is 5.71. The lowest BCUT2D eigenvalue weighted by Gasteiger charge is -2.04. The molecule has 2 rings (SSSR count). The zero-order valence-corrected chi connectivity index (χ0v) is 10.3. The Morgan fingerprint density at radius 3 is 2.94 bits per heavy atom. The molecule has 2 aromatic rings. The number of carbonyl (C=O) groups is 1. The molecule has 4 heteroatoms. The number of hydrogen-bond donors (Lipinski definition) is 1. The van der Waals surface area contributed by atoms with Crippen molar-refractivity contribution in [2.24, 2.45) is 5.73 Å². The number of fused-ring (bicyclic) bond motifs is 1. The van der Waals surface area contributed by atoms with Gasteiger partial charge in [-0.3, -0.25) is 9.78 Å². The molecule has 94 valence electrons. The Morgan fingerprint density at radius 1 is 1.33 bits per heavy atom. The molecule has 0 atom stereocenters. The van der Waals surface area contributed by atoms with Crippen LogP contribution in [0.1, 0.15) is 16.1 Å². The van der Waals surface area contributed by atoms with Crippen molar-refractivity contribution in [3.05, 3.63) is 41.6 Å². The van der Waals surface area contributed by atoms with Gasteiger partial charge in [0.2, 0.25) is 0 Å². The fourth-order valence-electron chi connectivity index (χ4n) is 1.73. The van der Waals surface area contributed by atoms with E-state index in [1.807, 2.05) is 31.2 Å². The minimum absolute atomic E-state index is 0.0362. The summed E-state index contributed by atoms with van der Waals surface area (Å²) in [4.78, 5) is 16.2. The number of ketones is 1. The van der Waals surface area contributed by atoms with Crippen LogP contribution in [0.25, 0.3) is 10.9 Å². The molecule has 0 amide bonds. The van der Waals surface area contributed by atoms with E-state index in [1.54, 1.807) is 6.07 Å². The number of aryl methyl sites for hydroxylation is 1. The highest BCUT2D eigenvalue weighted by molar-refractivity contribution is 6.00. The predicted molar refractivity (Wildman–Crippen MR) is 70.7 cm³/mol. The lowest BCUT2D eigenvalue weighted by atomic mass is 10.1. The maximum Gasteiger partial charge on any atom is 0.188 e. The molecule has 0 saturated carbocycles. The molecule has 0 bridgehead atoms. The van der Waals surface area contributed by atoms with Crippen LogP contribution in [0.2, 0.25) is 0 Å². The summed E-state index contributed by atoms with van der Waals surface area (Å²) in [5, 5.41) is 0.963. The molecule has 0 radical (unpaired) electrons. The van der Waals surface area contributed by atoms with Gasteiger partial charge in [0.25, 0.3) is 0 Å². The van der Waals surface area contributed by atoms with Gasteiger partial charge in [0.1, 0.15) is 6.61 Å². The van der Waals surface area contributed by atoms with Crippen LogP contribution in [-0.4, -0.2) is 30.5 Å². The van der Waals surface area contributed by atoms with Crippen molar-refractivity contribution >= 4 is 16.7 Å². The zero-order valence-electron chi connectivity index (χ0n) is 10.3. The lowest BCUT2D eigenvalue weighted by Crippen LogP contribution is -2.14. The first kappa shape index (κ1) is 12.7. The quantitative estimate of drug-likeness (QED) is 0.642. The third-order valence-corrected chi connectivity index (χ3v) is 2.65. The van der Waals surface area contributed by atoms with Crippen LogP contribution >= 0.6 is 0 Å². The van der Waals surface area contributed by atoms with Crippen molar-refractivity contribution in [3.8, 4) is 0 Å². The van der Waals surface area contributed by atoms with Crippen molar-refractivity contribution in [2.75, 3.05) is 19.8 Å². The molecule has 1 aromatic carbocycles. The van der Waals surface area contributed by atoms with Gasteiger partial charge in [0.15, 0.2) is 5.78 Å². The lowest BCUT2D eigenvalue weighted by molar-refractivity contribution is 0.0774. The van der Waals surface area contributed by atoms with Crippen LogP contribution in [0.15, 0.2) is 30.3 Å². The maximum absolute atomic E-state index is 11.8. The number of nitrogens with two attached hydrogens (primary N) is 1. The molecule has 4 nitrogen and oxygen atoms in total. The van der Waals surface area contributed by atoms with Gasteiger partial charge in [0, 0.05) is 23.2 Å². The largest absolute Gasteiger partial charge is 0.372 e. The van der Waals surface area contributed by atoms with Gasteiger partial charge in [-0.25, -0.2) is 0 Å². The van der Waals surface area contributed by atoms with Gasteiger partial charge in [0.05, 0.1) is 12.1 Å². The van der Waals surface area contributed by atoms with Crippen LogP contribution in [0.3, 0.4) is 0 Å². The normalized spacial score (nSPS) is 10.8. The van der Waals surface area contributed by atoms with Gasteiger partial charge in [-0.15, -0.1) is 0 Å². The fourth-order valence-corrected chi connectivity index (χ4v) is 1.73. The van der Waals surface area contributed by atoms with E-state index >= 15 is 0 Å². The Balaban J connectivity index is 2.19. The van der Waals surface area contributed by atoms with E-state index in [4.69, 9.17) is 10.5 Å². The third kappa shape index (κ3) is 2.91. The predicted octanol–water partition coefficient (Wildman–Crippen LogP) is 1.70. The average molecular weight is 244 g/mol. The highest BCUT2D eigenvalue weighted by Gasteiger charge is 2.07. The van der Waals surface area contributed by atoms with Gasteiger partial charge in [-0.1, -0.05) is 6.07 Å². The van der Waals surface area contributed by atoms with E-state index in [-0.39, 0.29) is 12.4 Å². The van der Waals surface area contributed by atoms with E-state index in [0.717, 1.165) is 16.6 Å². The number of nitrogens with zero attached hydrogens (tertiary/aromatic N) is 1. The summed E-state index contributed by atoms with van der Waals surface area (Å²) in [6.07, 6.45) is 0. The van der Waals surface area contributed by atoms with Gasteiger partial charge in [-0.05, 0) is 31.2 Å². The summed E-state index contributed by atoms with van der Waals surface area (Å²) < 4.78 is 5.14. The van der Waals surface area contributed by atoms with Crippen LogP contribution in [0, 0.1) is 6.92 Å². The summed E-state index contributed by atoms with van der Waals surface area (Å²) in [6.45, 7) is 2.84. The molecule has 1 aromatic heterocycles. The minimum atomic E-state index is -0.0362. The molecule has 0 aliphatic carbocycles. The number of aromatic nitrogens is 1. The molecule has 0 aliphatic rings. The van der Waals surface area contributed by atoms with Crippen LogP contribution in [0.5, 0.6) is 0 Å². The summed E-state index contributed by atoms with van der Waals surface area (Å²) in [5.74, 6) is -0.0362. The van der Waals surface area contributed by atoms with Gasteiger partial charge < -0.3 is 10.5 Å². The van der Waals surface area contributed by atoms with Crippen LogP contribution in [0.4, 0.5) is 0 Å². The maximum atomic E-state index is 11.8. The van der Waals surface area contributed by atoms with Crippen LogP contribution < -0.4 is 5.73 Å². The second-order valence-electron chi connectivity index (χ2n) is 4.12. The Kier molecular flexibility index (Phi) is 4.02. The summed E-state index contributed by atoms with van der Waals surface area (Å²) in [5.41, 5.74) is 7.80. The van der Waals surface area contributed by atoms with Crippen LogP contribution in [-0.2, 0) is 4.74 Å². The number of hydrogen-bond acceptors (Lipinski definition) is 4. The Labute approximate surface area is 106 Å². The molecule has 0 unspecified atom stereocenters. The molecular weight excluding hydrogens is 228 g/mol. The average Bonchev–Trinajstić information content (AvgIpc) is 2.38. The number of carbonyl (C=O) groups excluding carboxylic acids is 1. The molecule has 0 spiro atoms. The monoisotopic (exact) mass is 244 g/mol. The molecule has 18 heavy (non-hydrogen) atoms. The van der Waals surface area contributed by atoms with E-state index in [0.29, 0.717) is 18.7 Å². The summed E-state index contributed by atoms with van der Waals surface area (Å²) >= 11 is 0. The number of benzene rings is 1. The second-order valence-corrected chi connectivity index (χ2v) is 4.12. The van der Waals surface area contributed by atoms with Crippen molar-refractivity contribution in [3.63, 3.8) is 0 Å². The van der Waals surface area contributed by atoms with E-state index < -0.39 is 0 Å². The van der Waals surface area contributed by atoms with Gasteiger partial charge in [-0.2, -0.15) is 0 Å². The van der Waals surface area contributed by atoms with Gasteiger partial charge >= 0.3 is 0 Å². The number of Topliss-reactive ketones (excluding diaryl/α,β-unsaturated/α-hetero) is 1. The SMILES string of the molecule is Cc1ccc2cc(C(=O)COCCN)ccc2n1. The summed E-state index contributed by atoms with van der Waals surface area (Å²) in [6, 6.07) is 9.38. The minimum Gasteiger partial charge on any atom is -0.372 e. The molecular formula is C14H16N2O2. The van der Waals surface area contributed by atoms with E-state index in [1.165, 1.54) is 0 Å². The topological polar surface area (TPSA) is 65.2 Å². The Morgan fingerprint density at radius 2 is 2.17 bits per heavy atom. The molecule has 0 aliphatic heterocycles. The molecule has 2 N–H and O–H groups in total. The molecule has 0 saturated heterocycles. The number of rotatable bonds is 5. The van der Waals surface area contributed by atoms with Crippen molar-refractivity contribution in [2.45, 2.75) is 6.92 Å². The molecule has 1 heterocycles. The number of pyridine rings is 1.